The van der Waals surface area contributed by atoms with Crippen LogP contribution in [0.25, 0.3) is 6.08 Å². The topological polar surface area (TPSA) is 66.8 Å². The van der Waals surface area contributed by atoms with Gasteiger partial charge in [0.15, 0.2) is 10.4 Å². The average molecular weight is 399 g/mol. The van der Waals surface area contributed by atoms with Crippen molar-refractivity contribution >= 4 is 51.9 Å². The number of carbonyl (C=O) groups excluding carboxylic acids is 1. The summed E-state index contributed by atoms with van der Waals surface area (Å²) in [4.78, 5) is 26.0. The van der Waals surface area contributed by atoms with Crippen molar-refractivity contribution < 1.29 is 19.4 Å². The molecule has 1 unspecified atom stereocenters. The lowest BCUT2D eigenvalue weighted by atomic mass is 10.1. The van der Waals surface area contributed by atoms with Crippen molar-refractivity contribution in [3.8, 4) is 5.75 Å². The van der Waals surface area contributed by atoms with E-state index in [-0.39, 0.29) is 5.91 Å². The molecular weight excluding hydrogens is 382 g/mol. The Labute approximate surface area is 166 Å². The maximum Gasteiger partial charge on any atom is 0.344 e. The number of hydrogen-bond donors (Lipinski definition) is 1. The number of carboxylic acid groups (broad SMARTS) is 1. The molecule has 0 aromatic heterocycles. The lowest BCUT2D eigenvalue weighted by Gasteiger charge is -2.16. The van der Waals surface area contributed by atoms with Crippen LogP contribution in [0.4, 0.5) is 5.69 Å². The van der Waals surface area contributed by atoms with E-state index in [0.29, 0.717) is 20.5 Å². The van der Waals surface area contributed by atoms with Crippen molar-refractivity contribution in [1.29, 1.82) is 0 Å². The Hall–Kier alpha value is -2.64. The maximum atomic E-state index is 12.9. The highest BCUT2D eigenvalue weighted by Gasteiger charge is 2.34. The van der Waals surface area contributed by atoms with Gasteiger partial charge < -0.3 is 9.84 Å². The molecule has 0 saturated carbocycles. The zero-order chi connectivity index (χ0) is 19.6. The number of carboxylic acids is 1. The summed E-state index contributed by atoms with van der Waals surface area (Å²) < 4.78 is 5.96. The molecule has 0 bridgehead atoms. The molecular formula is C20H17NO4S2. The van der Waals surface area contributed by atoms with Crippen LogP contribution in [0, 0.1) is 6.92 Å². The highest BCUT2D eigenvalue weighted by atomic mass is 32.2. The molecule has 7 heteroatoms. The SMILES string of the molecule is Cc1ccccc1N1C(=O)/C(=C\c2ccccc2OC(C)C(=O)O)SC1=S. The summed E-state index contributed by atoms with van der Waals surface area (Å²) >= 11 is 6.62. The van der Waals surface area contributed by atoms with Crippen LogP contribution in [-0.4, -0.2) is 27.4 Å². The van der Waals surface area contributed by atoms with Gasteiger partial charge >= 0.3 is 5.97 Å². The van der Waals surface area contributed by atoms with Gasteiger partial charge in [-0.3, -0.25) is 9.69 Å². The van der Waals surface area contributed by atoms with Gasteiger partial charge in [-0.2, -0.15) is 0 Å². The van der Waals surface area contributed by atoms with E-state index in [1.54, 1.807) is 30.3 Å². The van der Waals surface area contributed by atoms with Gasteiger partial charge in [-0.15, -0.1) is 0 Å². The third-order valence-electron chi connectivity index (χ3n) is 4.01. The standard InChI is InChI=1S/C20H17NO4S2/c1-12-7-3-5-9-15(12)21-18(22)17(27-20(21)26)11-14-8-4-6-10-16(14)25-13(2)19(23)24/h3-11,13H,1-2H3,(H,23,24)/b17-11+. The fourth-order valence-electron chi connectivity index (χ4n) is 2.58. The minimum Gasteiger partial charge on any atom is -0.479 e. The van der Waals surface area contributed by atoms with Crippen molar-refractivity contribution in [2.45, 2.75) is 20.0 Å². The summed E-state index contributed by atoms with van der Waals surface area (Å²) in [6.45, 7) is 3.38. The van der Waals surface area contributed by atoms with Crippen LogP contribution in [0.15, 0.2) is 53.4 Å². The molecule has 1 heterocycles. The molecule has 1 saturated heterocycles. The third-order valence-corrected chi connectivity index (χ3v) is 5.31. The largest absolute Gasteiger partial charge is 0.479 e. The smallest absolute Gasteiger partial charge is 0.344 e. The number of benzene rings is 2. The van der Waals surface area contributed by atoms with Crippen LogP contribution in [0.3, 0.4) is 0 Å². The molecule has 3 rings (SSSR count). The second-order valence-electron chi connectivity index (χ2n) is 5.94. The minimum atomic E-state index is -1.06. The number of carbonyl (C=O) groups is 2. The molecule has 1 aliphatic rings. The number of thioether (sulfide) groups is 1. The first-order valence-electron chi connectivity index (χ1n) is 8.20. The van der Waals surface area contributed by atoms with Crippen molar-refractivity contribution in [2.75, 3.05) is 4.90 Å². The van der Waals surface area contributed by atoms with Gasteiger partial charge in [0, 0.05) is 5.56 Å². The quantitative estimate of drug-likeness (QED) is 0.599. The maximum absolute atomic E-state index is 12.9. The van der Waals surface area contributed by atoms with Crippen molar-refractivity contribution in [1.82, 2.24) is 0 Å². The second kappa shape index (κ2) is 7.94. The van der Waals surface area contributed by atoms with E-state index < -0.39 is 12.1 Å². The van der Waals surface area contributed by atoms with E-state index in [0.717, 1.165) is 11.3 Å². The highest BCUT2D eigenvalue weighted by Crippen LogP contribution is 2.38. The summed E-state index contributed by atoms with van der Waals surface area (Å²) in [5.74, 6) is -0.871. The monoisotopic (exact) mass is 399 g/mol. The third kappa shape index (κ3) is 4.04. The summed E-state index contributed by atoms with van der Waals surface area (Å²) in [7, 11) is 0. The molecule has 0 spiro atoms. The number of thiocarbonyl (C=S) groups is 1. The fraction of sp³-hybridized carbons (Fsp3) is 0.150. The van der Waals surface area contributed by atoms with Crippen LogP contribution >= 0.6 is 24.0 Å². The lowest BCUT2D eigenvalue weighted by Crippen LogP contribution is -2.28. The van der Waals surface area contributed by atoms with Gasteiger partial charge in [-0.05, 0) is 37.6 Å². The van der Waals surface area contributed by atoms with E-state index >= 15 is 0 Å². The Balaban J connectivity index is 1.93. The number of aryl methyl sites for hydroxylation is 1. The number of amides is 1. The molecule has 0 aliphatic carbocycles. The Morgan fingerprint density at radius 2 is 1.89 bits per heavy atom. The molecule has 1 atom stereocenters. The van der Waals surface area contributed by atoms with Gasteiger partial charge in [0.25, 0.3) is 5.91 Å². The van der Waals surface area contributed by atoms with E-state index in [2.05, 4.69) is 0 Å². The summed E-state index contributed by atoms with van der Waals surface area (Å²) in [6.07, 6.45) is 0.683. The number of anilines is 1. The molecule has 2 aromatic carbocycles. The first-order chi connectivity index (χ1) is 12.9. The lowest BCUT2D eigenvalue weighted by molar-refractivity contribution is -0.144. The van der Waals surface area contributed by atoms with Crippen LogP contribution in [-0.2, 0) is 9.59 Å². The van der Waals surface area contributed by atoms with Gasteiger partial charge in [0.05, 0.1) is 10.6 Å². The van der Waals surface area contributed by atoms with E-state index in [1.165, 1.54) is 23.6 Å². The average Bonchev–Trinajstić information content (AvgIpc) is 2.90. The molecule has 138 valence electrons. The van der Waals surface area contributed by atoms with Gasteiger partial charge in [0.1, 0.15) is 5.75 Å². The molecule has 1 N–H and O–H groups in total. The zero-order valence-corrected chi connectivity index (χ0v) is 16.3. The number of para-hydroxylation sites is 2. The van der Waals surface area contributed by atoms with E-state index in [1.807, 2.05) is 31.2 Å². The Morgan fingerprint density at radius 1 is 1.22 bits per heavy atom. The molecule has 1 amide bonds. The Morgan fingerprint density at radius 3 is 2.59 bits per heavy atom. The molecule has 1 aliphatic heterocycles. The van der Waals surface area contributed by atoms with Crippen molar-refractivity contribution in [3.63, 3.8) is 0 Å². The molecule has 5 nitrogen and oxygen atoms in total. The number of hydrogen-bond acceptors (Lipinski definition) is 5. The predicted octanol–water partition coefficient (Wildman–Crippen LogP) is 4.25. The predicted molar refractivity (Wildman–Crippen MR) is 111 cm³/mol. The number of nitrogens with zero attached hydrogens (tertiary/aromatic N) is 1. The van der Waals surface area contributed by atoms with Crippen LogP contribution < -0.4 is 9.64 Å². The Kier molecular flexibility index (Phi) is 5.62. The highest BCUT2D eigenvalue weighted by molar-refractivity contribution is 8.27. The van der Waals surface area contributed by atoms with Gasteiger partial charge in [-0.1, -0.05) is 60.4 Å². The number of rotatable bonds is 5. The Bertz CT molecular complexity index is 955. The van der Waals surface area contributed by atoms with Crippen LogP contribution in [0.2, 0.25) is 0 Å². The van der Waals surface area contributed by atoms with Crippen molar-refractivity contribution in [2.24, 2.45) is 0 Å². The number of aliphatic carboxylic acids is 1. The first kappa shape index (κ1) is 19.1. The first-order valence-corrected chi connectivity index (χ1v) is 9.43. The van der Waals surface area contributed by atoms with Gasteiger partial charge in [-0.25, -0.2) is 4.79 Å². The van der Waals surface area contributed by atoms with Crippen molar-refractivity contribution in [3.05, 3.63) is 64.6 Å². The fourth-order valence-corrected chi connectivity index (χ4v) is 3.85. The summed E-state index contributed by atoms with van der Waals surface area (Å²) in [5.41, 5.74) is 2.33. The van der Waals surface area contributed by atoms with Crippen LogP contribution in [0.1, 0.15) is 18.1 Å². The van der Waals surface area contributed by atoms with E-state index in [9.17, 15) is 9.59 Å². The van der Waals surface area contributed by atoms with Gasteiger partial charge in [0.2, 0.25) is 0 Å². The molecule has 2 aromatic rings. The minimum absolute atomic E-state index is 0.208. The van der Waals surface area contributed by atoms with E-state index in [4.69, 9.17) is 22.1 Å². The summed E-state index contributed by atoms with van der Waals surface area (Å²) in [6, 6.07) is 14.5. The zero-order valence-electron chi connectivity index (χ0n) is 14.7. The second-order valence-corrected chi connectivity index (χ2v) is 7.62. The van der Waals surface area contributed by atoms with Crippen LogP contribution in [0.5, 0.6) is 5.75 Å². The normalized spacial score (nSPS) is 16.7. The number of ether oxygens (including phenoxy) is 1. The molecule has 27 heavy (non-hydrogen) atoms. The molecule has 1 fully saturated rings. The summed E-state index contributed by atoms with van der Waals surface area (Å²) in [5, 5.41) is 9.06. The molecule has 0 radical (unpaired) electrons.